The average molecular weight is 444 g/mol. The molecule has 5 rings (SSSR count). The lowest BCUT2D eigenvalue weighted by atomic mass is 9.64. The van der Waals surface area contributed by atoms with Crippen molar-refractivity contribution in [3.8, 4) is 11.4 Å². The van der Waals surface area contributed by atoms with Crippen molar-refractivity contribution in [1.82, 2.24) is 30.0 Å². The minimum Gasteiger partial charge on any atom is -0.423 e. The average Bonchev–Trinajstić information content (AvgIpc) is 3.16. The van der Waals surface area contributed by atoms with E-state index in [1.165, 1.54) is 6.20 Å². The highest BCUT2D eigenvalue weighted by molar-refractivity contribution is 6.33. The van der Waals surface area contributed by atoms with Gasteiger partial charge in [-0.1, -0.05) is 18.5 Å². The lowest BCUT2D eigenvalue weighted by Gasteiger charge is -2.61. The molecule has 1 saturated heterocycles. The van der Waals surface area contributed by atoms with Gasteiger partial charge in [0.1, 0.15) is 11.4 Å². The molecule has 9 nitrogen and oxygen atoms in total. The lowest BCUT2D eigenvalue weighted by molar-refractivity contribution is -0.110. The summed E-state index contributed by atoms with van der Waals surface area (Å²) >= 11 is 6.22. The molecule has 4 heterocycles. The standard InChI is InChI=1S/C20H19ClFN7O2/c1-10-3-13-6-20(5-10,18-28-27-11(2)31-18)29(13)19(30)26-16-4-14(15(21)9-23-16)17-24-7-12(22)8-25-17/h4,7-10,13H,3,5-6H2,1-2H3,(H,23,26,30)/t10-,13+,20-/m1/s1. The summed E-state index contributed by atoms with van der Waals surface area (Å²) in [4.78, 5) is 27.1. The second-order valence-electron chi connectivity index (χ2n) is 8.14. The molecule has 2 amide bonds. The molecule has 11 heteroatoms. The Bertz CT molecular complexity index is 1150. The quantitative estimate of drug-likeness (QED) is 0.652. The van der Waals surface area contributed by atoms with E-state index in [0.29, 0.717) is 23.3 Å². The minimum absolute atomic E-state index is 0.0863. The van der Waals surface area contributed by atoms with Crippen molar-refractivity contribution in [2.24, 2.45) is 5.92 Å². The smallest absolute Gasteiger partial charge is 0.324 e. The first-order valence-corrected chi connectivity index (χ1v) is 10.3. The number of hydrogen-bond donors (Lipinski definition) is 1. The first-order valence-electron chi connectivity index (χ1n) is 9.90. The number of halogens is 2. The largest absolute Gasteiger partial charge is 0.423 e. The SMILES string of the molecule is Cc1nnc([C@@]23C[C@H](C)C[C@@H](C2)N3C(=O)Nc2cc(-c3ncc(F)cn3)c(Cl)cn2)o1. The summed E-state index contributed by atoms with van der Waals surface area (Å²) < 4.78 is 18.9. The van der Waals surface area contributed by atoms with Crippen molar-refractivity contribution >= 4 is 23.4 Å². The predicted octanol–water partition coefficient (Wildman–Crippen LogP) is 3.95. The van der Waals surface area contributed by atoms with Crippen LogP contribution in [-0.4, -0.2) is 42.1 Å². The number of likely N-dealkylation sites (tertiary alicyclic amines) is 1. The fourth-order valence-corrected chi connectivity index (χ4v) is 4.92. The van der Waals surface area contributed by atoms with E-state index in [1.807, 2.05) is 0 Å². The third kappa shape index (κ3) is 3.31. The van der Waals surface area contributed by atoms with Crippen molar-refractivity contribution < 1.29 is 13.6 Å². The van der Waals surface area contributed by atoms with Crippen molar-refractivity contribution in [2.75, 3.05) is 5.32 Å². The first kappa shape index (κ1) is 19.8. The molecule has 2 fully saturated rings. The second-order valence-corrected chi connectivity index (χ2v) is 8.54. The van der Waals surface area contributed by atoms with E-state index in [4.69, 9.17) is 16.0 Å². The van der Waals surface area contributed by atoms with Gasteiger partial charge < -0.3 is 9.32 Å². The number of anilines is 1. The number of nitrogens with zero attached hydrogens (tertiary/aromatic N) is 6. The first-order chi connectivity index (χ1) is 14.9. The maximum Gasteiger partial charge on any atom is 0.324 e. The number of carbonyl (C=O) groups excluding carboxylic acids is 1. The van der Waals surface area contributed by atoms with Crippen LogP contribution in [0.4, 0.5) is 15.0 Å². The van der Waals surface area contributed by atoms with Gasteiger partial charge in [-0.05, 0) is 24.8 Å². The van der Waals surface area contributed by atoms with Crippen LogP contribution < -0.4 is 5.32 Å². The molecule has 2 bridgehead atoms. The molecule has 1 aliphatic carbocycles. The Kier molecular flexibility index (Phi) is 4.62. The number of amides is 2. The maximum atomic E-state index is 13.2. The number of urea groups is 1. The van der Waals surface area contributed by atoms with Gasteiger partial charge in [0.2, 0.25) is 11.8 Å². The normalized spacial score (nSPS) is 24.6. The highest BCUT2D eigenvalue weighted by Crippen LogP contribution is 2.55. The molecule has 160 valence electrons. The van der Waals surface area contributed by atoms with Gasteiger partial charge >= 0.3 is 6.03 Å². The van der Waals surface area contributed by atoms with Gasteiger partial charge in [0.05, 0.1) is 17.4 Å². The fourth-order valence-electron chi connectivity index (χ4n) is 4.73. The molecule has 3 aromatic rings. The molecule has 2 aliphatic rings. The summed E-state index contributed by atoms with van der Waals surface area (Å²) in [6.45, 7) is 3.89. The number of aromatic nitrogens is 5. The van der Waals surface area contributed by atoms with Crippen LogP contribution >= 0.6 is 11.6 Å². The number of hydrogen-bond acceptors (Lipinski definition) is 7. The van der Waals surface area contributed by atoms with Gasteiger partial charge in [-0.25, -0.2) is 24.1 Å². The van der Waals surface area contributed by atoms with Crippen LogP contribution in [-0.2, 0) is 5.54 Å². The summed E-state index contributed by atoms with van der Waals surface area (Å²) in [5.74, 6) is 1.33. The molecular weight excluding hydrogens is 425 g/mol. The predicted molar refractivity (Wildman–Crippen MR) is 109 cm³/mol. The Balaban J connectivity index is 1.42. The van der Waals surface area contributed by atoms with Crippen molar-refractivity contribution in [2.45, 2.75) is 44.7 Å². The van der Waals surface area contributed by atoms with Crippen LogP contribution in [0.5, 0.6) is 0 Å². The Labute approximate surface area is 182 Å². The summed E-state index contributed by atoms with van der Waals surface area (Å²) in [7, 11) is 0. The number of pyridine rings is 1. The molecule has 1 aliphatic heterocycles. The number of rotatable bonds is 3. The third-order valence-electron chi connectivity index (χ3n) is 5.85. The van der Waals surface area contributed by atoms with Crippen LogP contribution in [0.2, 0.25) is 5.02 Å². The zero-order valence-electron chi connectivity index (χ0n) is 16.8. The van der Waals surface area contributed by atoms with E-state index in [1.54, 1.807) is 17.9 Å². The van der Waals surface area contributed by atoms with Crippen LogP contribution in [0, 0.1) is 18.7 Å². The van der Waals surface area contributed by atoms with E-state index in [0.717, 1.165) is 31.7 Å². The molecule has 1 N–H and O–H groups in total. The molecule has 0 spiro atoms. The van der Waals surface area contributed by atoms with Crippen LogP contribution in [0.25, 0.3) is 11.4 Å². The third-order valence-corrected chi connectivity index (χ3v) is 6.16. The Morgan fingerprint density at radius 1 is 1.26 bits per heavy atom. The Morgan fingerprint density at radius 3 is 2.74 bits per heavy atom. The van der Waals surface area contributed by atoms with E-state index >= 15 is 0 Å². The Morgan fingerprint density at radius 2 is 2.03 bits per heavy atom. The minimum atomic E-state index is -0.608. The zero-order chi connectivity index (χ0) is 21.8. The monoisotopic (exact) mass is 443 g/mol. The molecule has 0 radical (unpaired) electrons. The topological polar surface area (TPSA) is 110 Å². The molecular formula is C20H19ClFN7O2. The summed E-state index contributed by atoms with van der Waals surface area (Å²) in [6.07, 6.45) is 5.95. The highest BCUT2D eigenvalue weighted by Gasteiger charge is 2.62. The molecule has 3 aromatic heterocycles. The van der Waals surface area contributed by atoms with Crippen molar-refractivity contribution in [3.05, 3.63) is 47.3 Å². The van der Waals surface area contributed by atoms with Gasteiger partial charge in [-0.2, -0.15) is 0 Å². The van der Waals surface area contributed by atoms with Gasteiger partial charge in [0.25, 0.3) is 0 Å². The number of piperidine rings is 1. The summed E-state index contributed by atoms with van der Waals surface area (Å²) in [5, 5.41) is 11.3. The maximum absolute atomic E-state index is 13.2. The molecule has 0 unspecified atom stereocenters. The van der Waals surface area contributed by atoms with Crippen molar-refractivity contribution in [1.29, 1.82) is 0 Å². The van der Waals surface area contributed by atoms with Crippen LogP contribution in [0.3, 0.4) is 0 Å². The number of fused-ring (bicyclic) bond motifs is 2. The number of nitrogens with one attached hydrogen (secondary N) is 1. The Hall–Kier alpha value is -3.14. The van der Waals surface area contributed by atoms with Gasteiger partial charge in [0, 0.05) is 31.1 Å². The van der Waals surface area contributed by atoms with E-state index in [9.17, 15) is 9.18 Å². The molecule has 0 aromatic carbocycles. The fraction of sp³-hybridized carbons (Fsp3) is 0.400. The van der Waals surface area contributed by atoms with Gasteiger partial charge in [-0.3, -0.25) is 5.32 Å². The molecule has 3 atom stereocenters. The highest BCUT2D eigenvalue weighted by atomic mass is 35.5. The number of carbonyl (C=O) groups is 1. The van der Waals surface area contributed by atoms with E-state index in [-0.39, 0.29) is 28.7 Å². The van der Waals surface area contributed by atoms with Crippen molar-refractivity contribution in [3.63, 3.8) is 0 Å². The second kappa shape index (κ2) is 7.23. The van der Waals surface area contributed by atoms with Crippen LogP contribution in [0.1, 0.15) is 38.0 Å². The van der Waals surface area contributed by atoms with E-state index in [2.05, 4.69) is 37.4 Å². The van der Waals surface area contributed by atoms with Gasteiger partial charge in [-0.15, -0.1) is 10.2 Å². The lowest BCUT2D eigenvalue weighted by Crippen LogP contribution is -2.70. The number of aryl methyl sites for hydroxylation is 1. The summed E-state index contributed by atoms with van der Waals surface area (Å²) in [6, 6.07) is 1.35. The zero-order valence-corrected chi connectivity index (χ0v) is 17.6. The summed E-state index contributed by atoms with van der Waals surface area (Å²) in [5.41, 5.74) is -0.171. The van der Waals surface area contributed by atoms with Gasteiger partial charge in [0.15, 0.2) is 11.6 Å². The van der Waals surface area contributed by atoms with Crippen LogP contribution in [0.15, 0.2) is 29.1 Å². The van der Waals surface area contributed by atoms with E-state index < -0.39 is 11.4 Å². The molecule has 31 heavy (non-hydrogen) atoms. The molecule has 1 saturated carbocycles.